The third-order valence-corrected chi connectivity index (χ3v) is 2.96. The Morgan fingerprint density at radius 3 is 2.54 bits per heavy atom. The molecule has 0 saturated heterocycles. The zero-order valence-electron chi connectivity index (χ0n) is 8.08. The predicted molar refractivity (Wildman–Crippen MR) is 60.6 cm³/mol. The maximum Gasteiger partial charge on any atom is 0.145 e. The first-order valence-electron chi connectivity index (χ1n) is 4.34. The Morgan fingerprint density at radius 2 is 2.08 bits per heavy atom. The highest BCUT2D eigenvalue weighted by Crippen LogP contribution is 2.09. The second kappa shape index (κ2) is 7.44. The van der Waals surface area contributed by atoms with Crippen LogP contribution in [0.15, 0.2) is 0 Å². The van der Waals surface area contributed by atoms with Gasteiger partial charge in [-0.25, -0.2) is 0 Å². The SMILES string of the molecule is CCSCC(=O)[C@H](C)CC(=O)CS. The van der Waals surface area contributed by atoms with Crippen molar-refractivity contribution in [3.63, 3.8) is 0 Å². The second-order valence-corrected chi connectivity index (χ2v) is 4.50. The van der Waals surface area contributed by atoms with Gasteiger partial charge in [-0.2, -0.15) is 24.4 Å². The molecule has 76 valence electrons. The average Bonchev–Trinajstić information content (AvgIpc) is 2.13. The van der Waals surface area contributed by atoms with E-state index in [1.165, 1.54) is 0 Å². The summed E-state index contributed by atoms with van der Waals surface area (Å²) in [7, 11) is 0. The Kier molecular flexibility index (Phi) is 7.47. The fourth-order valence-corrected chi connectivity index (χ4v) is 1.68. The lowest BCUT2D eigenvalue weighted by molar-refractivity contribution is -0.124. The molecular formula is C9H16O2S2. The van der Waals surface area contributed by atoms with Crippen LogP contribution in [-0.4, -0.2) is 28.8 Å². The average molecular weight is 220 g/mol. The minimum atomic E-state index is -0.140. The number of ketones is 2. The summed E-state index contributed by atoms with van der Waals surface area (Å²) in [5, 5.41) is 0. The van der Waals surface area contributed by atoms with Crippen LogP contribution in [0.25, 0.3) is 0 Å². The summed E-state index contributed by atoms with van der Waals surface area (Å²) < 4.78 is 0. The molecule has 0 saturated carbocycles. The van der Waals surface area contributed by atoms with Crippen molar-refractivity contribution in [2.45, 2.75) is 20.3 Å². The summed E-state index contributed by atoms with van der Waals surface area (Å²) in [6, 6.07) is 0. The molecule has 0 aromatic rings. The predicted octanol–water partition coefficient (Wildman–Crippen LogP) is 1.83. The Labute approximate surface area is 89.3 Å². The van der Waals surface area contributed by atoms with Crippen LogP contribution in [-0.2, 0) is 9.59 Å². The number of carbonyl (C=O) groups excluding carboxylic acids is 2. The van der Waals surface area contributed by atoms with E-state index in [0.717, 1.165) is 5.75 Å². The van der Waals surface area contributed by atoms with E-state index in [2.05, 4.69) is 12.6 Å². The van der Waals surface area contributed by atoms with Crippen molar-refractivity contribution >= 4 is 36.0 Å². The van der Waals surface area contributed by atoms with Crippen LogP contribution in [0, 0.1) is 5.92 Å². The number of thiol groups is 1. The molecule has 2 nitrogen and oxygen atoms in total. The number of Topliss-reactive ketones (excluding diaryl/α,β-unsaturated/α-hetero) is 2. The van der Waals surface area contributed by atoms with Gasteiger partial charge in [0.25, 0.3) is 0 Å². The second-order valence-electron chi connectivity index (χ2n) is 2.91. The quantitative estimate of drug-likeness (QED) is 0.665. The molecule has 0 spiro atoms. The first kappa shape index (κ1) is 13.0. The molecule has 0 aromatic heterocycles. The van der Waals surface area contributed by atoms with E-state index in [0.29, 0.717) is 12.2 Å². The normalized spacial score (nSPS) is 12.5. The zero-order valence-corrected chi connectivity index (χ0v) is 9.79. The van der Waals surface area contributed by atoms with Gasteiger partial charge < -0.3 is 0 Å². The van der Waals surface area contributed by atoms with E-state index in [4.69, 9.17) is 0 Å². The van der Waals surface area contributed by atoms with E-state index in [9.17, 15) is 9.59 Å². The Morgan fingerprint density at radius 1 is 1.46 bits per heavy atom. The third-order valence-electron chi connectivity index (χ3n) is 1.71. The summed E-state index contributed by atoms with van der Waals surface area (Å²) in [6.45, 7) is 3.82. The van der Waals surface area contributed by atoms with E-state index in [-0.39, 0.29) is 23.2 Å². The van der Waals surface area contributed by atoms with Crippen molar-refractivity contribution in [1.29, 1.82) is 0 Å². The van der Waals surface area contributed by atoms with Crippen molar-refractivity contribution in [2.75, 3.05) is 17.3 Å². The molecule has 0 bridgehead atoms. The van der Waals surface area contributed by atoms with Crippen LogP contribution < -0.4 is 0 Å². The zero-order chi connectivity index (χ0) is 10.3. The van der Waals surface area contributed by atoms with Gasteiger partial charge in [0.1, 0.15) is 11.6 Å². The van der Waals surface area contributed by atoms with Crippen molar-refractivity contribution < 1.29 is 9.59 Å². The van der Waals surface area contributed by atoms with Crippen LogP contribution in [0.1, 0.15) is 20.3 Å². The molecule has 0 unspecified atom stereocenters. The molecule has 13 heavy (non-hydrogen) atoms. The van der Waals surface area contributed by atoms with Gasteiger partial charge in [-0.05, 0) is 5.75 Å². The lowest BCUT2D eigenvalue weighted by Crippen LogP contribution is -2.18. The molecule has 0 heterocycles. The lowest BCUT2D eigenvalue weighted by Gasteiger charge is -2.07. The number of carbonyl (C=O) groups is 2. The van der Waals surface area contributed by atoms with Gasteiger partial charge in [0.2, 0.25) is 0 Å². The third kappa shape index (κ3) is 6.16. The van der Waals surface area contributed by atoms with E-state index in [1.54, 1.807) is 18.7 Å². The molecule has 0 N–H and O–H groups in total. The van der Waals surface area contributed by atoms with Crippen LogP contribution in [0.5, 0.6) is 0 Å². The van der Waals surface area contributed by atoms with Crippen molar-refractivity contribution in [3.05, 3.63) is 0 Å². The number of thioether (sulfide) groups is 1. The number of hydrogen-bond donors (Lipinski definition) is 1. The Bertz CT molecular complexity index is 180. The van der Waals surface area contributed by atoms with Gasteiger partial charge in [0.15, 0.2) is 0 Å². The van der Waals surface area contributed by atoms with Gasteiger partial charge in [-0.3, -0.25) is 9.59 Å². The van der Waals surface area contributed by atoms with E-state index >= 15 is 0 Å². The van der Waals surface area contributed by atoms with Crippen molar-refractivity contribution in [1.82, 2.24) is 0 Å². The molecule has 0 fully saturated rings. The lowest BCUT2D eigenvalue weighted by atomic mass is 10.0. The summed E-state index contributed by atoms with van der Waals surface area (Å²) in [4.78, 5) is 22.3. The maximum absolute atomic E-state index is 11.4. The standard InChI is InChI=1S/C9H16O2S2/c1-3-13-6-9(11)7(2)4-8(10)5-12/h7,12H,3-6H2,1-2H3/t7-/m1/s1. The summed E-state index contributed by atoms with van der Waals surface area (Å²) >= 11 is 5.46. The van der Waals surface area contributed by atoms with E-state index in [1.807, 2.05) is 6.92 Å². The first-order valence-corrected chi connectivity index (χ1v) is 6.13. The largest absolute Gasteiger partial charge is 0.299 e. The van der Waals surface area contributed by atoms with E-state index < -0.39 is 0 Å². The van der Waals surface area contributed by atoms with Gasteiger partial charge in [-0.1, -0.05) is 13.8 Å². The Hall–Kier alpha value is 0.0400. The van der Waals surface area contributed by atoms with Crippen LogP contribution in [0.4, 0.5) is 0 Å². The Balaban J connectivity index is 3.75. The molecule has 0 aliphatic heterocycles. The summed E-state index contributed by atoms with van der Waals surface area (Å²) in [6.07, 6.45) is 0.340. The first-order chi connectivity index (χ1) is 6.11. The number of hydrogen-bond acceptors (Lipinski definition) is 4. The van der Waals surface area contributed by atoms with Crippen LogP contribution >= 0.6 is 24.4 Å². The van der Waals surface area contributed by atoms with Crippen LogP contribution in [0.3, 0.4) is 0 Å². The van der Waals surface area contributed by atoms with Gasteiger partial charge >= 0.3 is 0 Å². The van der Waals surface area contributed by atoms with Gasteiger partial charge in [0, 0.05) is 18.1 Å². The van der Waals surface area contributed by atoms with Gasteiger partial charge in [0.05, 0.1) is 5.75 Å². The molecule has 0 amide bonds. The molecule has 0 aliphatic rings. The monoisotopic (exact) mass is 220 g/mol. The highest BCUT2D eigenvalue weighted by atomic mass is 32.2. The fraction of sp³-hybridized carbons (Fsp3) is 0.778. The molecule has 0 rings (SSSR count). The minimum absolute atomic E-state index is 0.0469. The molecule has 4 heteroatoms. The molecule has 0 radical (unpaired) electrons. The number of rotatable bonds is 7. The van der Waals surface area contributed by atoms with Crippen LogP contribution in [0.2, 0.25) is 0 Å². The highest BCUT2D eigenvalue weighted by molar-refractivity contribution is 7.99. The summed E-state index contributed by atoms with van der Waals surface area (Å²) in [5.74, 6) is 1.78. The van der Waals surface area contributed by atoms with Gasteiger partial charge in [-0.15, -0.1) is 0 Å². The molecule has 0 aliphatic carbocycles. The van der Waals surface area contributed by atoms with Crippen molar-refractivity contribution in [2.24, 2.45) is 5.92 Å². The topological polar surface area (TPSA) is 34.1 Å². The fourth-order valence-electron chi connectivity index (χ4n) is 0.865. The molecule has 0 aromatic carbocycles. The molecular weight excluding hydrogens is 204 g/mol. The van der Waals surface area contributed by atoms with Crippen molar-refractivity contribution in [3.8, 4) is 0 Å². The minimum Gasteiger partial charge on any atom is -0.299 e. The maximum atomic E-state index is 11.4. The molecule has 1 atom stereocenters. The smallest absolute Gasteiger partial charge is 0.145 e. The highest BCUT2D eigenvalue weighted by Gasteiger charge is 2.15. The summed E-state index contributed by atoms with van der Waals surface area (Å²) in [5.41, 5.74) is 0.